The molecule has 1 aliphatic rings. The standard InChI is InChI=1S/C20H25NO4/c1-4-15-7-9-16(10-8-15)17-13-18(20(23)21(2)3)25-19(14-17)24-12-6-5-11-22/h1,7-10,13,17,19,22H,5-6,11-12,14H2,2-3H3/t17-,19+/m1/s1. The Bertz CT molecular complexity index is 643. The Balaban J connectivity index is 2.15. The number of benzene rings is 1. The number of carbonyl (C=O) groups is 1. The molecular weight excluding hydrogens is 318 g/mol. The molecule has 0 unspecified atom stereocenters. The summed E-state index contributed by atoms with van der Waals surface area (Å²) in [7, 11) is 3.38. The van der Waals surface area contributed by atoms with Crippen molar-refractivity contribution >= 4 is 5.91 Å². The van der Waals surface area contributed by atoms with Crippen molar-refractivity contribution in [1.29, 1.82) is 0 Å². The lowest BCUT2D eigenvalue weighted by molar-refractivity contribution is -0.151. The molecule has 1 N–H and O–H groups in total. The zero-order valence-corrected chi connectivity index (χ0v) is 14.8. The van der Waals surface area contributed by atoms with Gasteiger partial charge in [-0.2, -0.15) is 0 Å². The quantitative estimate of drug-likeness (QED) is 0.609. The minimum atomic E-state index is -0.486. The Hall–Kier alpha value is -2.29. The maximum absolute atomic E-state index is 12.3. The molecule has 5 heteroatoms. The summed E-state index contributed by atoms with van der Waals surface area (Å²) >= 11 is 0. The number of nitrogens with zero attached hydrogens (tertiary/aromatic N) is 1. The maximum atomic E-state index is 12.3. The summed E-state index contributed by atoms with van der Waals surface area (Å²) in [5, 5.41) is 8.85. The molecule has 0 radical (unpaired) electrons. The fourth-order valence-corrected chi connectivity index (χ4v) is 2.62. The van der Waals surface area contributed by atoms with E-state index in [4.69, 9.17) is 21.0 Å². The van der Waals surface area contributed by atoms with Crippen LogP contribution in [0.2, 0.25) is 0 Å². The molecule has 1 aromatic carbocycles. The van der Waals surface area contributed by atoms with Gasteiger partial charge >= 0.3 is 0 Å². The lowest BCUT2D eigenvalue weighted by atomic mass is 9.92. The van der Waals surface area contributed by atoms with E-state index in [0.29, 0.717) is 25.2 Å². The van der Waals surface area contributed by atoms with Crippen LogP contribution in [0.25, 0.3) is 0 Å². The Morgan fingerprint density at radius 2 is 2.08 bits per heavy atom. The summed E-state index contributed by atoms with van der Waals surface area (Å²) in [6.45, 7) is 0.626. The number of likely N-dealkylation sites (N-methyl/N-ethyl adjacent to an activating group) is 1. The molecule has 2 rings (SSSR count). The molecule has 0 bridgehead atoms. The number of hydrogen-bond acceptors (Lipinski definition) is 4. The second-order valence-electron chi connectivity index (χ2n) is 6.19. The summed E-state index contributed by atoms with van der Waals surface area (Å²) in [5.41, 5.74) is 1.89. The van der Waals surface area contributed by atoms with Gasteiger partial charge in [0.05, 0.1) is 6.61 Å². The second-order valence-corrected chi connectivity index (χ2v) is 6.19. The average Bonchev–Trinajstić information content (AvgIpc) is 2.64. The van der Waals surface area contributed by atoms with Crippen molar-refractivity contribution in [3.8, 4) is 12.3 Å². The third-order valence-corrected chi connectivity index (χ3v) is 4.04. The van der Waals surface area contributed by atoms with E-state index in [9.17, 15) is 4.79 Å². The van der Waals surface area contributed by atoms with Crippen molar-refractivity contribution in [1.82, 2.24) is 4.90 Å². The van der Waals surface area contributed by atoms with Gasteiger partial charge in [0.25, 0.3) is 5.91 Å². The fraction of sp³-hybridized carbons (Fsp3) is 0.450. The van der Waals surface area contributed by atoms with E-state index in [-0.39, 0.29) is 18.4 Å². The molecule has 134 valence electrons. The van der Waals surface area contributed by atoms with Crippen LogP contribution in [0.1, 0.15) is 36.3 Å². The van der Waals surface area contributed by atoms with Gasteiger partial charge in [0.1, 0.15) is 0 Å². The van der Waals surface area contributed by atoms with Gasteiger partial charge in [-0.1, -0.05) is 18.1 Å². The fourth-order valence-electron chi connectivity index (χ4n) is 2.62. The van der Waals surface area contributed by atoms with Crippen molar-refractivity contribution < 1.29 is 19.4 Å². The number of terminal acetylenes is 1. The number of rotatable bonds is 7. The highest BCUT2D eigenvalue weighted by atomic mass is 16.7. The van der Waals surface area contributed by atoms with Gasteiger partial charge in [-0.3, -0.25) is 4.79 Å². The highest BCUT2D eigenvalue weighted by Crippen LogP contribution is 2.32. The first-order valence-electron chi connectivity index (χ1n) is 8.44. The Morgan fingerprint density at radius 1 is 1.36 bits per heavy atom. The van der Waals surface area contributed by atoms with Gasteiger partial charge in [0, 0.05) is 38.6 Å². The summed E-state index contributed by atoms with van der Waals surface area (Å²) in [4.78, 5) is 13.8. The number of ether oxygens (including phenoxy) is 2. The first-order chi connectivity index (χ1) is 12.0. The van der Waals surface area contributed by atoms with Gasteiger partial charge in [-0.05, 0) is 36.6 Å². The molecule has 0 saturated heterocycles. The van der Waals surface area contributed by atoms with E-state index >= 15 is 0 Å². The summed E-state index contributed by atoms with van der Waals surface area (Å²) in [5.74, 6) is 2.73. The molecular formula is C20H25NO4. The second kappa shape index (κ2) is 9.26. The first kappa shape index (κ1) is 19.0. The van der Waals surface area contributed by atoms with E-state index in [1.54, 1.807) is 14.1 Å². The molecule has 0 aromatic heterocycles. The zero-order valence-electron chi connectivity index (χ0n) is 14.8. The van der Waals surface area contributed by atoms with Crippen molar-refractivity contribution in [2.24, 2.45) is 0 Å². The Morgan fingerprint density at radius 3 is 2.68 bits per heavy atom. The molecule has 2 atom stereocenters. The first-order valence-corrected chi connectivity index (χ1v) is 8.44. The topological polar surface area (TPSA) is 59.0 Å². The largest absolute Gasteiger partial charge is 0.459 e. The van der Waals surface area contributed by atoms with E-state index < -0.39 is 6.29 Å². The normalized spacial score (nSPS) is 19.5. The molecule has 5 nitrogen and oxygen atoms in total. The van der Waals surface area contributed by atoms with E-state index in [2.05, 4.69) is 5.92 Å². The van der Waals surface area contributed by atoms with Crippen LogP contribution in [0.5, 0.6) is 0 Å². The van der Waals surface area contributed by atoms with Crippen LogP contribution in [0, 0.1) is 12.3 Å². The molecule has 1 aromatic rings. The molecule has 1 heterocycles. The van der Waals surface area contributed by atoms with E-state index in [1.165, 1.54) is 4.90 Å². The average molecular weight is 343 g/mol. The third kappa shape index (κ3) is 5.35. The van der Waals surface area contributed by atoms with Crippen molar-refractivity contribution in [2.75, 3.05) is 27.3 Å². The van der Waals surface area contributed by atoms with Crippen LogP contribution in [0.4, 0.5) is 0 Å². The Labute approximate surface area is 149 Å². The van der Waals surface area contributed by atoms with Crippen LogP contribution < -0.4 is 0 Å². The monoisotopic (exact) mass is 343 g/mol. The van der Waals surface area contributed by atoms with Gasteiger partial charge in [-0.15, -0.1) is 6.42 Å². The third-order valence-electron chi connectivity index (χ3n) is 4.04. The molecule has 25 heavy (non-hydrogen) atoms. The lowest BCUT2D eigenvalue weighted by Crippen LogP contribution is -2.32. The van der Waals surface area contributed by atoms with Gasteiger partial charge < -0.3 is 19.5 Å². The van der Waals surface area contributed by atoms with Gasteiger partial charge in [-0.25, -0.2) is 0 Å². The molecule has 0 spiro atoms. The van der Waals surface area contributed by atoms with E-state index in [0.717, 1.165) is 17.5 Å². The van der Waals surface area contributed by atoms with Crippen LogP contribution in [0.3, 0.4) is 0 Å². The highest BCUT2D eigenvalue weighted by molar-refractivity contribution is 5.91. The molecule has 0 aliphatic carbocycles. The van der Waals surface area contributed by atoms with Crippen LogP contribution in [-0.4, -0.2) is 49.5 Å². The molecule has 1 amide bonds. The predicted molar refractivity (Wildman–Crippen MR) is 95.7 cm³/mol. The Kier molecular flexibility index (Phi) is 7.05. The number of hydrogen-bond donors (Lipinski definition) is 1. The van der Waals surface area contributed by atoms with Crippen molar-refractivity contribution in [3.63, 3.8) is 0 Å². The van der Waals surface area contributed by atoms with Crippen LogP contribution in [-0.2, 0) is 14.3 Å². The predicted octanol–water partition coefficient (Wildman–Crippen LogP) is 2.26. The lowest BCUT2D eigenvalue weighted by Gasteiger charge is -2.30. The SMILES string of the molecule is C#Cc1ccc([C@@H]2C=C(C(=O)N(C)C)O[C@H](OCCCCO)C2)cc1. The zero-order chi connectivity index (χ0) is 18.2. The molecule has 0 fully saturated rings. The molecule has 0 saturated carbocycles. The number of amides is 1. The summed E-state index contributed by atoms with van der Waals surface area (Å²) < 4.78 is 11.5. The van der Waals surface area contributed by atoms with Gasteiger partial charge in [0.15, 0.2) is 5.76 Å². The molecule has 1 aliphatic heterocycles. The van der Waals surface area contributed by atoms with E-state index in [1.807, 2.05) is 30.3 Å². The number of aliphatic hydroxyl groups is 1. The minimum Gasteiger partial charge on any atom is -0.459 e. The number of carbonyl (C=O) groups excluding carboxylic acids is 1. The summed E-state index contributed by atoms with van der Waals surface area (Å²) in [6, 6.07) is 7.73. The maximum Gasteiger partial charge on any atom is 0.288 e. The number of unbranched alkanes of at least 4 members (excludes halogenated alkanes) is 1. The van der Waals surface area contributed by atoms with Crippen molar-refractivity contribution in [2.45, 2.75) is 31.5 Å². The van der Waals surface area contributed by atoms with Crippen LogP contribution in [0.15, 0.2) is 36.1 Å². The van der Waals surface area contributed by atoms with Gasteiger partial charge in [0.2, 0.25) is 6.29 Å². The smallest absolute Gasteiger partial charge is 0.288 e. The highest BCUT2D eigenvalue weighted by Gasteiger charge is 2.29. The minimum absolute atomic E-state index is 0.0160. The number of aliphatic hydroxyl groups excluding tert-OH is 1. The van der Waals surface area contributed by atoms with Crippen LogP contribution >= 0.6 is 0 Å². The number of allylic oxidation sites excluding steroid dienone is 1. The summed E-state index contributed by atoms with van der Waals surface area (Å²) in [6.07, 6.45) is 8.82. The van der Waals surface area contributed by atoms with Crippen molar-refractivity contribution in [3.05, 3.63) is 47.2 Å².